The molecule has 0 atom stereocenters. The van der Waals surface area contributed by atoms with Crippen LogP contribution in [0.1, 0.15) is 11.3 Å². The smallest absolute Gasteiger partial charge is 0.195 e. The van der Waals surface area contributed by atoms with Crippen LogP contribution in [-0.4, -0.2) is 15.9 Å². The van der Waals surface area contributed by atoms with E-state index in [9.17, 15) is 0 Å². The van der Waals surface area contributed by atoms with Crippen molar-refractivity contribution < 1.29 is 0 Å². The van der Waals surface area contributed by atoms with Gasteiger partial charge in [0.25, 0.3) is 0 Å². The van der Waals surface area contributed by atoms with Crippen LogP contribution in [0.25, 0.3) is 22.2 Å². The third-order valence-corrected chi connectivity index (χ3v) is 4.92. The molecule has 0 radical (unpaired) electrons. The van der Waals surface area contributed by atoms with Crippen LogP contribution in [0.3, 0.4) is 0 Å². The van der Waals surface area contributed by atoms with Crippen LogP contribution < -0.4 is 11.1 Å². The lowest BCUT2D eigenvalue weighted by Gasteiger charge is -2.02. The maximum absolute atomic E-state index is 6.00. The van der Waals surface area contributed by atoms with Gasteiger partial charge in [-0.2, -0.15) is 0 Å². The topological polar surface area (TPSA) is 79.1 Å². The molecule has 0 unspecified atom stereocenters. The third kappa shape index (κ3) is 4.65. The maximum Gasteiger partial charge on any atom is 0.195 e. The Morgan fingerprint density at radius 2 is 1.82 bits per heavy atom. The molecule has 146 valence electrons. The van der Waals surface area contributed by atoms with Crippen molar-refractivity contribution in [2.45, 2.75) is 13.5 Å². The van der Waals surface area contributed by atoms with E-state index in [4.69, 9.17) is 5.73 Å². The van der Waals surface area contributed by atoms with Gasteiger partial charge in [0.1, 0.15) is 0 Å². The number of hydrogen-bond donors (Lipinski definition) is 3. The first-order valence-electron chi connectivity index (χ1n) is 8.35. The first-order chi connectivity index (χ1) is 12.7. The van der Waals surface area contributed by atoms with Crippen LogP contribution >= 0.6 is 36.2 Å². The standard InChI is InChI=1S/C20H19N5S.2ClH/c1-13-18(15-9-5-6-10-16(15)23-13)17-12-26-20(24-17)25-19(21)22-11-14-7-3-2-4-8-14;;/h2-10,12,23H,11H2,1H3,(H3,21,22,24,25);2*1H. The van der Waals surface area contributed by atoms with Gasteiger partial charge in [-0.3, -0.25) is 0 Å². The van der Waals surface area contributed by atoms with Crippen molar-refractivity contribution in [1.82, 2.24) is 9.97 Å². The van der Waals surface area contributed by atoms with Crippen molar-refractivity contribution in [2.24, 2.45) is 10.7 Å². The summed E-state index contributed by atoms with van der Waals surface area (Å²) >= 11 is 1.52. The average Bonchev–Trinajstić information content (AvgIpc) is 3.23. The number of aryl methyl sites for hydroxylation is 1. The molecule has 4 rings (SSSR count). The lowest BCUT2D eigenvalue weighted by atomic mass is 10.1. The average molecular weight is 434 g/mol. The summed E-state index contributed by atoms with van der Waals surface area (Å²) in [7, 11) is 0. The van der Waals surface area contributed by atoms with E-state index < -0.39 is 0 Å². The minimum Gasteiger partial charge on any atom is -0.370 e. The van der Waals surface area contributed by atoms with Gasteiger partial charge in [-0.05, 0) is 18.6 Å². The molecule has 4 aromatic rings. The monoisotopic (exact) mass is 433 g/mol. The number of H-pyrrole nitrogens is 1. The lowest BCUT2D eigenvalue weighted by Crippen LogP contribution is -2.22. The van der Waals surface area contributed by atoms with E-state index in [1.807, 2.05) is 47.8 Å². The Balaban J connectivity index is 0.00000140. The minimum atomic E-state index is 0. The molecule has 28 heavy (non-hydrogen) atoms. The highest BCUT2D eigenvalue weighted by Crippen LogP contribution is 2.33. The zero-order chi connectivity index (χ0) is 17.9. The number of nitrogens with two attached hydrogens (primary N) is 1. The molecule has 4 N–H and O–H groups in total. The largest absolute Gasteiger partial charge is 0.370 e. The van der Waals surface area contributed by atoms with Crippen molar-refractivity contribution >= 4 is 58.1 Å². The van der Waals surface area contributed by atoms with E-state index in [1.165, 1.54) is 16.7 Å². The molecule has 0 bridgehead atoms. The molecule has 0 saturated heterocycles. The van der Waals surface area contributed by atoms with Gasteiger partial charge in [0.05, 0.1) is 12.2 Å². The second-order valence-corrected chi connectivity index (χ2v) is 6.88. The predicted octanol–water partition coefficient (Wildman–Crippen LogP) is 5.37. The summed E-state index contributed by atoms with van der Waals surface area (Å²) in [5.74, 6) is 0.366. The van der Waals surface area contributed by atoms with Gasteiger partial charge in [-0.15, -0.1) is 36.2 Å². The number of anilines is 1. The van der Waals surface area contributed by atoms with E-state index in [1.54, 1.807) is 0 Å². The number of benzene rings is 2. The molecule has 0 saturated carbocycles. The molecule has 5 nitrogen and oxygen atoms in total. The minimum absolute atomic E-state index is 0. The highest BCUT2D eigenvalue weighted by molar-refractivity contribution is 7.14. The number of aromatic nitrogens is 2. The van der Waals surface area contributed by atoms with Gasteiger partial charge in [0, 0.05) is 27.5 Å². The van der Waals surface area contributed by atoms with Crippen LogP contribution in [0.2, 0.25) is 0 Å². The molecule has 0 fully saturated rings. The summed E-state index contributed by atoms with van der Waals surface area (Å²) in [5.41, 5.74) is 11.4. The fraction of sp³-hybridized carbons (Fsp3) is 0.100. The summed E-state index contributed by atoms with van der Waals surface area (Å²) in [6.45, 7) is 2.61. The SMILES string of the molecule is Cc1[nH]c2ccccc2c1-c1csc(NC(N)=NCc2ccccc2)n1.Cl.Cl. The Hall–Kier alpha value is -2.54. The molecule has 0 aliphatic heterocycles. The first kappa shape index (κ1) is 21.8. The quantitative estimate of drug-likeness (QED) is 0.298. The van der Waals surface area contributed by atoms with Crippen molar-refractivity contribution in [3.63, 3.8) is 0 Å². The molecular formula is C20H21Cl2N5S. The molecule has 0 aliphatic carbocycles. The third-order valence-electron chi connectivity index (χ3n) is 4.16. The molecule has 0 spiro atoms. The molecule has 2 aromatic heterocycles. The summed E-state index contributed by atoms with van der Waals surface area (Å²) < 4.78 is 0. The van der Waals surface area contributed by atoms with Crippen molar-refractivity contribution in [3.8, 4) is 11.3 Å². The molecule has 2 aromatic carbocycles. The molecular weight excluding hydrogens is 413 g/mol. The van der Waals surface area contributed by atoms with Crippen molar-refractivity contribution in [2.75, 3.05) is 5.32 Å². The zero-order valence-electron chi connectivity index (χ0n) is 15.2. The van der Waals surface area contributed by atoms with Gasteiger partial charge < -0.3 is 16.0 Å². The number of halogens is 2. The van der Waals surface area contributed by atoms with Crippen LogP contribution in [-0.2, 0) is 6.54 Å². The van der Waals surface area contributed by atoms with E-state index in [-0.39, 0.29) is 24.8 Å². The number of aromatic amines is 1. The van der Waals surface area contributed by atoms with Gasteiger partial charge in [-0.1, -0.05) is 48.5 Å². The number of para-hydroxylation sites is 1. The predicted molar refractivity (Wildman–Crippen MR) is 124 cm³/mol. The number of thiazole rings is 1. The van der Waals surface area contributed by atoms with E-state index in [0.717, 1.165) is 33.2 Å². The summed E-state index contributed by atoms with van der Waals surface area (Å²) in [5, 5.41) is 7.03. The summed E-state index contributed by atoms with van der Waals surface area (Å²) in [6, 6.07) is 18.3. The second kappa shape index (κ2) is 9.59. The second-order valence-electron chi connectivity index (χ2n) is 6.02. The van der Waals surface area contributed by atoms with E-state index in [0.29, 0.717) is 12.5 Å². The van der Waals surface area contributed by atoms with Crippen molar-refractivity contribution in [1.29, 1.82) is 0 Å². The number of nitrogens with zero attached hydrogens (tertiary/aromatic N) is 2. The number of hydrogen-bond acceptors (Lipinski definition) is 3. The van der Waals surface area contributed by atoms with Crippen LogP contribution in [0, 0.1) is 6.92 Å². The van der Waals surface area contributed by atoms with Gasteiger partial charge in [-0.25, -0.2) is 9.98 Å². The number of rotatable bonds is 4. The fourth-order valence-corrected chi connectivity index (χ4v) is 3.67. The van der Waals surface area contributed by atoms with Gasteiger partial charge in [0.2, 0.25) is 0 Å². The highest BCUT2D eigenvalue weighted by Gasteiger charge is 2.13. The number of guanidine groups is 1. The van der Waals surface area contributed by atoms with E-state index >= 15 is 0 Å². The zero-order valence-corrected chi connectivity index (χ0v) is 17.6. The Morgan fingerprint density at radius 3 is 2.61 bits per heavy atom. The molecule has 2 heterocycles. The Kier molecular flexibility index (Phi) is 7.45. The number of aliphatic imine (C=N–C) groups is 1. The van der Waals surface area contributed by atoms with Crippen molar-refractivity contribution in [3.05, 3.63) is 71.2 Å². The normalized spacial score (nSPS) is 11.0. The van der Waals surface area contributed by atoms with E-state index in [2.05, 4.69) is 39.3 Å². The summed E-state index contributed by atoms with van der Waals surface area (Å²) in [6.07, 6.45) is 0. The summed E-state index contributed by atoms with van der Waals surface area (Å²) in [4.78, 5) is 12.5. The molecule has 0 amide bonds. The Bertz CT molecular complexity index is 1070. The first-order valence-corrected chi connectivity index (χ1v) is 9.23. The van der Waals surface area contributed by atoms with Crippen LogP contribution in [0.15, 0.2) is 65.0 Å². The molecule has 0 aliphatic rings. The van der Waals surface area contributed by atoms with Crippen LogP contribution in [0.4, 0.5) is 5.13 Å². The Labute approximate surface area is 179 Å². The fourth-order valence-electron chi connectivity index (χ4n) is 2.96. The van der Waals surface area contributed by atoms with Gasteiger partial charge in [0.15, 0.2) is 11.1 Å². The van der Waals surface area contributed by atoms with Crippen LogP contribution in [0.5, 0.6) is 0 Å². The highest BCUT2D eigenvalue weighted by atomic mass is 35.5. The lowest BCUT2D eigenvalue weighted by molar-refractivity contribution is 1.06. The number of nitrogens with one attached hydrogen (secondary N) is 2. The molecule has 8 heteroatoms. The maximum atomic E-state index is 6.00. The van der Waals surface area contributed by atoms with Gasteiger partial charge >= 0.3 is 0 Å². The number of fused-ring (bicyclic) bond motifs is 1. The Morgan fingerprint density at radius 1 is 1.11 bits per heavy atom.